The van der Waals surface area contributed by atoms with Crippen molar-refractivity contribution >= 4 is 5.91 Å². The normalized spacial score (nSPS) is 14.6. The van der Waals surface area contributed by atoms with Crippen molar-refractivity contribution in [2.45, 2.75) is 66.0 Å². The molecule has 0 heterocycles. The molecule has 2 atom stereocenters. The number of hydrogen-bond acceptors (Lipinski definition) is 3. The highest BCUT2D eigenvalue weighted by Crippen LogP contribution is 2.08. The van der Waals surface area contributed by atoms with E-state index in [0.29, 0.717) is 17.9 Å². The number of rotatable bonds is 11. The van der Waals surface area contributed by atoms with Crippen LogP contribution >= 0.6 is 0 Å². The van der Waals surface area contributed by atoms with E-state index in [1.165, 1.54) is 12.8 Å². The molecule has 0 aromatic carbocycles. The molecule has 0 aromatic heterocycles. The summed E-state index contributed by atoms with van der Waals surface area (Å²) in [5.41, 5.74) is 0. The number of carbonyl (C=O) groups excluding carboxylic acids is 1. The minimum absolute atomic E-state index is 0.0590. The van der Waals surface area contributed by atoms with Gasteiger partial charge in [0.15, 0.2) is 0 Å². The Hall–Kier alpha value is -0.610. The molecule has 0 saturated carbocycles. The van der Waals surface area contributed by atoms with Gasteiger partial charge < -0.3 is 16.0 Å². The zero-order chi connectivity index (χ0) is 15.5. The highest BCUT2D eigenvalue weighted by atomic mass is 16.2. The van der Waals surface area contributed by atoms with Gasteiger partial charge in [-0.15, -0.1) is 0 Å². The van der Waals surface area contributed by atoms with Gasteiger partial charge >= 0.3 is 0 Å². The molecule has 0 fully saturated rings. The maximum absolute atomic E-state index is 11.8. The average Bonchev–Trinajstić information content (AvgIpc) is 2.38. The summed E-state index contributed by atoms with van der Waals surface area (Å²) < 4.78 is 0. The fourth-order valence-electron chi connectivity index (χ4n) is 2.22. The summed E-state index contributed by atoms with van der Waals surface area (Å²) in [6.45, 7) is 12.9. The van der Waals surface area contributed by atoms with E-state index in [4.69, 9.17) is 0 Å². The van der Waals surface area contributed by atoms with Crippen molar-refractivity contribution in [3.05, 3.63) is 0 Å². The van der Waals surface area contributed by atoms with Crippen molar-refractivity contribution in [3.8, 4) is 0 Å². The maximum Gasteiger partial charge on any atom is 0.236 e. The van der Waals surface area contributed by atoms with Gasteiger partial charge in [0.25, 0.3) is 0 Å². The van der Waals surface area contributed by atoms with Crippen LogP contribution < -0.4 is 16.0 Å². The van der Waals surface area contributed by atoms with Crippen LogP contribution in [0.3, 0.4) is 0 Å². The Morgan fingerprint density at radius 1 is 1.05 bits per heavy atom. The second-order valence-electron chi connectivity index (χ2n) is 6.56. The van der Waals surface area contributed by atoms with Crippen LogP contribution in [0.1, 0.15) is 53.9 Å². The molecule has 0 aliphatic carbocycles. The molecule has 0 rings (SSSR count). The maximum atomic E-state index is 11.8. The predicted molar refractivity (Wildman–Crippen MR) is 86.8 cm³/mol. The predicted octanol–water partition coefficient (Wildman–Crippen LogP) is 2.15. The third kappa shape index (κ3) is 10.2. The van der Waals surface area contributed by atoms with E-state index in [-0.39, 0.29) is 11.9 Å². The standard InChI is InChI=1S/C16H35N3O/c1-12(2)10-15(16(20)17-6)19-11-14(5)8-7-9-18-13(3)4/h12-15,18-19H,7-11H2,1-6H3,(H,17,20). The van der Waals surface area contributed by atoms with Crippen LogP contribution in [0.2, 0.25) is 0 Å². The van der Waals surface area contributed by atoms with Gasteiger partial charge in [-0.2, -0.15) is 0 Å². The zero-order valence-electron chi connectivity index (χ0n) is 14.3. The summed E-state index contributed by atoms with van der Waals surface area (Å²) in [7, 11) is 1.71. The molecule has 20 heavy (non-hydrogen) atoms. The van der Waals surface area contributed by atoms with Crippen LogP contribution in [0, 0.1) is 11.8 Å². The van der Waals surface area contributed by atoms with Crippen LogP contribution in [-0.2, 0) is 4.79 Å². The van der Waals surface area contributed by atoms with Gasteiger partial charge in [-0.3, -0.25) is 4.79 Å². The van der Waals surface area contributed by atoms with Crippen molar-refractivity contribution in [2.24, 2.45) is 11.8 Å². The number of likely N-dealkylation sites (N-methyl/N-ethyl adjacent to an activating group) is 1. The van der Waals surface area contributed by atoms with E-state index < -0.39 is 0 Å². The van der Waals surface area contributed by atoms with Crippen molar-refractivity contribution < 1.29 is 4.79 Å². The van der Waals surface area contributed by atoms with Crippen LogP contribution in [0.4, 0.5) is 0 Å². The zero-order valence-corrected chi connectivity index (χ0v) is 14.3. The van der Waals surface area contributed by atoms with Crippen LogP contribution in [0.5, 0.6) is 0 Å². The van der Waals surface area contributed by atoms with Crippen molar-refractivity contribution in [2.75, 3.05) is 20.1 Å². The van der Waals surface area contributed by atoms with E-state index in [9.17, 15) is 4.79 Å². The summed E-state index contributed by atoms with van der Waals surface area (Å²) in [6.07, 6.45) is 3.27. The number of nitrogens with one attached hydrogen (secondary N) is 3. The molecular formula is C16H35N3O. The first-order valence-electron chi connectivity index (χ1n) is 8.05. The fourth-order valence-corrected chi connectivity index (χ4v) is 2.22. The first kappa shape index (κ1) is 19.4. The van der Waals surface area contributed by atoms with Crippen molar-refractivity contribution in [3.63, 3.8) is 0 Å². The summed E-state index contributed by atoms with van der Waals surface area (Å²) in [5.74, 6) is 1.23. The summed E-state index contributed by atoms with van der Waals surface area (Å²) in [5, 5.41) is 9.60. The Bertz CT molecular complexity index is 254. The fraction of sp³-hybridized carbons (Fsp3) is 0.938. The molecule has 2 unspecified atom stereocenters. The number of hydrogen-bond donors (Lipinski definition) is 3. The van der Waals surface area contributed by atoms with E-state index in [1.54, 1.807) is 7.05 Å². The van der Waals surface area contributed by atoms with Gasteiger partial charge in [-0.1, -0.05) is 34.6 Å². The molecule has 0 aromatic rings. The first-order valence-corrected chi connectivity index (χ1v) is 8.05. The van der Waals surface area contributed by atoms with Gasteiger partial charge in [0.05, 0.1) is 6.04 Å². The molecule has 4 nitrogen and oxygen atoms in total. The Morgan fingerprint density at radius 3 is 2.20 bits per heavy atom. The Balaban J connectivity index is 3.92. The van der Waals surface area contributed by atoms with E-state index in [1.807, 2.05) is 0 Å². The van der Waals surface area contributed by atoms with Crippen molar-refractivity contribution in [1.82, 2.24) is 16.0 Å². The molecule has 0 radical (unpaired) electrons. The molecular weight excluding hydrogens is 250 g/mol. The molecule has 0 saturated heterocycles. The van der Waals surface area contributed by atoms with Crippen LogP contribution in [0.25, 0.3) is 0 Å². The Labute approximate surface area is 125 Å². The molecule has 3 N–H and O–H groups in total. The minimum Gasteiger partial charge on any atom is -0.358 e. The Morgan fingerprint density at radius 2 is 1.70 bits per heavy atom. The van der Waals surface area contributed by atoms with Crippen LogP contribution in [0.15, 0.2) is 0 Å². The van der Waals surface area contributed by atoms with E-state index in [0.717, 1.165) is 19.5 Å². The third-order valence-corrected chi connectivity index (χ3v) is 3.41. The summed E-state index contributed by atoms with van der Waals surface area (Å²) >= 11 is 0. The smallest absolute Gasteiger partial charge is 0.236 e. The number of amides is 1. The molecule has 0 bridgehead atoms. The van der Waals surface area contributed by atoms with Gasteiger partial charge in [0.2, 0.25) is 5.91 Å². The lowest BCUT2D eigenvalue weighted by molar-refractivity contribution is -0.123. The quantitative estimate of drug-likeness (QED) is 0.510. The van der Waals surface area contributed by atoms with Crippen molar-refractivity contribution in [1.29, 1.82) is 0 Å². The topological polar surface area (TPSA) is 53.2 Å². The monoisotopic (exact) mass is 285 g/mol. The Kier molecular flexibility index (Phi) is 10.8. The lowest BCUT2D eigenvalue weighted by Gasteiger charge is -2.21. The molecule has 4 heteroatoms. The van der Waals surface area contributed by atoms with Gasteiger partial charge in [-0.25, -0.2) is 0 Å². The molecule has 0 spiro atoms. The molecule has 1 amide bonds. The van der Waals surface area contributed by atoms with Gasteiger partial charge in [-0.05, 0) is 44.2 Å². The average molecular weight is 285 g/mol. The number of carbonyl (C=O) groups is 1. The molecule has 0 aliphatic heterocycles. The lowest BCUT2D eigenvalue weighted by Crippen LogP contribution is -2.45. The second kappa shape index (κ2) is 11.1. The summed E-state index contributed by atoms with van der Waals surface area (Å²) in [6, 6.07) is 0.503. The molecule has 120 valence electrons. The summed E-state index contributed by atoms with van der Waals surface area (Å²) in [4.78, 5) is 11.8. The highest BCUT2D eigenvalue weighted by molar-refractivity contribution is 5.81. The van der Waals surface area contributed by atoms with E-state index >= 15 is 0 Å². The van der Waals surface area contributed by atoms with E-state index in [2.05, 4.69) is 50.6 Å². The largest absolute Gasteiger partial charge is 0.358 e. The highest BCUT2D eigenvalue weighted by Gasteiger charge is 2.18. The SMILES string of the molecule is CNC(=O)C(CC(C)C)NCC(C)CCCNC(C)C. The van der Waals surface area contributed by atoms with Gasteiger partial charge in [0, 0.05) is 13.1 Å². The minimum atomic E-state index is -0.0590. The van der Waals surface area contributed by atoms with Gasteiger partial charge in [0.1, 0.15) is 0 Å². The second-order valence-corrected chi connectivity index (χ2v) is 6.56. The first-order chi connectivity index (χ1) is 9.36. The van der Waals surface area contributed by atoms with Crippen LogP contribution in [-0.4, -0.2) is 38.1 Å². The third-order valence-electron chi connectivity index (χ3n) is 3.41. The molecule has 0 aliphatic rings. The lowest BCUT2D eigenvalue weighted by atomic mass is 10.0.